The molecule has 6 nitrogen and oxygen atoms in total. The molecule has 0 saturated carbocycles. The number of nitrogens with zero attached hydrogens (tertiary/aromatic N) is 2. The molecule has 0 aliphatic carbocycles. The molecular weight excluding hydrogens is 386 g/mol. The zero-order valence-electron chi connectivity index (χ0n) is 16.3. The highest BCUT2D eigenvalue weighted by Crippen LogP contribution is 2.30. The van der Waals surface area contributed by atoms with Crippen LogP contribution in [0.5, 0.6) is 5.75 Å². The minimum atomic E-state index is -0.211. The summed E-state index contributed by atoms with van der Waals surface area (Å²) in [4.78, 5) is 29.0. The summed E-state index contributed by atoms with van der Waals surface area (Å²) in [7, 11) is 0. The highest BCUT2D eigenvalue weighted by atomic mass is 32.2. The molecule has 0 radical (unpaired) electrons. The van der Waals surface area contributed by atoms with E-state index in [0.29, 0.717) is 17.0 Å². The minimum absolute atomic E-state index is 0.00436. The molecule has 1 aliphatic rings. The standard InChI is InChI=1S/C22H23N3O3S/c1-2-3-6-11-25-18-8-5-4-7-16(18)24-22(25)29-14-19(26)15-9-10-20-17(12-15)23-21(27)13-28-20/h4-5,7-10,12H,2-3,6,11,13-14H2,1H3,(H,23,27). The molecule has 0 spiro atoms. The van der Waals surface area contributed by atoms with Gasteiger partial charge in [0.15, 0.2) is 17.5 Å². The minimum Gasteiger partial charge on any atom is -0.482 e. The van der Waals surface area contributed by atoms with Crippen LogP contribution in [-0.2, 0) is 11.3 Å². The number of carbonyl (C=O) groups is 2. The number of hydrogen-bond acceptors (Lipinski definition) is 5. The molecule has 0 bridgehead atoms. The summed E-state index contributed by atoms with van der Waals surface area (Å²) in [5.41, 5.74) is 3.15. The largest absolute Gasteiger partial charge is 0.482 e. The first kappa shape index (κ1) is 19.5. The Balaban J connectivity index is 1.50. The Morgan fingerprint density at radius 1 is 1.24 bits per heavy atom. The number of unbranched alkanes of at least 4 members (excludes halogenated alkanes) is 2. The number of ketones is 1. The number of benzene rings is 2. The lowest BCUT2D eigenvalue weighted by molar-refractivity contribution is -0.118. The quantitative estimate of drug-likeness (QED) is 0.336. The van der Waals surface area contributed by atoms with Gasteiger partial charge in [0.2, 0.25) is 0 Å². The number of aromatic nitrogens is 2. The number of carbonyl (C=O) groups excluding carboxylic acids is 2. The van der Waals surface area contributed by atoms with E-state index >= 15 is 0 Å². The Morgan fingerprint density at radius 2 is 2.10 bits per heavy atom. The Morgan fingerprint density at radius 3 is 2.97 bits per heavy atom. The van der Waals surface area contributed by atoms with Crippen molar-refractivity contribution in [2.24, 2.45) is 0 Å². The summed E-state index contributed by atoms with van der Waals surface area (Å²) in [5, 5.41) is 3.61. The molecule has 4 rings (SSSR count). The van der Waals surface area contributed by atoms with E-state index in [9.17, 15) is 9.59 Å². The van der Waals surface area contributed by atoms with Crippen LogP contribution in [0.4, 0.5) is 5.69 Å². The number of fused-ring (bicyclic) bond motifs is 2. The first-order valence-corrected chi connectivity index (χ1v) is 10.8. The number of aryl methyl sites for hydroxylation is 1. The lowest BCUT2D eigenvalue weighted by Crippen LogP contribution is -2.25. The van der Waals surface area contributed by atoms with Crippen LogP contribution in [0.25, 0.3) is 11.0 Å². The normalized spacial score (nSPS) is 13.1. The molecule has 0 unspecified atom stereocenters. The van der Waals surface area contributed by atoms with E-state index < -0.39 is 0 Å². The number of anilines is 1. The summed E-state index contributed by atoms with van der Waals surface area (Å²) < 4.78 is 7.57. The van der Waals surface area contributed by atoms with Crippen LogP contribution < -0.4 is 10.1 Å². The van der Waals surface area contributed by atoms with Crippen molar-refractivity contribution in [2.45, 2.75) is 37.9 Å². The molecule has 7 heteroatoms. The topological polar surface area (TPSA) is 73.2 Å². The molecule has 0 saturated heterocycles. The van der Waals surface area contributed by atoms with Crippen molar-refractivity contribution in [1.29, 1.82) is 0 Å². The lowest BCUT2D eigenvalue weighted by atomic mass is 10.1. The fourth-order valence-corrected chi connectivity index (χ4v) is 4.30. The number of ether oxygens (including phenoxy) is 1. The average Bonchev–Trinajstić information content (AvgIpc) is 3.09. The molecule has 2 aromatic carbocycles. The summed E-state index contributed by atoms with van der Waals surface area (Å²) in [6.45, 7) is 3.09. The summed E-state index contributed by atoms with van der Waals surface area (Å²) in [6, 6.07) is 13.2. The Kier molecular flexibility index (Phi) is 5.85. The van der Waals surface area contributed by atoms with E-state index in [1.54, 1.807) is 18.2 Å². The predicted octanol–water partition coefficient (Wildman–Crippen LogP) is 4.53. The Hall–Kier alpha value is -2.80. The molecule has 3 aromatic rings. The molecule has 150 valence electrons. The number of nitrogens with one attached hydrogen (secondary N) is 1. The van der Waals surface area contributed by atoms with E-state index in [1.807, 2.05) is 18.2 Å². The van der Waals surface area contributed by atoms with Gasteiger partial charge < -0.3 is 14.6 Å². The predicted molar refractivity (Wildman–Crippen MR) is 115 cm³/mol. The van der Waals surface area contributed by atoms with Gasteiger partial charge in [0.1, 0.15) is 5.75 Å². The fourth-order valence-electron chi connectivity index (χ4n) is 3.37. The molecule has 1 N–H and O–H groups in total. The van der Waals surface area contributed by atoms with Crippen molar-refractivity contribution < 1.29 is 14.3 Å². The summed E-state index contributed by atoms with van der Waals surface area (Å²) >= 11 is 1.46. The van der Waals surface area contributed by atoms with E-state index in [0.717, 1.165) is 35.6 Å². The number of thioether (sulfide) groups is 1. The van der Waals surface area contributed by atoms with Crippen molar-refractivity contribution >= 4 is 40.2 Å². The zero-order chi connectivity index (χ0) is 20.2. The van der Waals surface area contributed by atoms with Gasteiger partial charge in [0.05, 0.1) is 22.5 Å². The first-order valence-electron chi connectivity index (χ1n) is 9.83. The maximum Gasteiger partial charge on any atom is 0.262 e. The molecule has 1 aromatic heterocycles. The van der Waals surface area contributed by atoms with Gasteiger partial charge in [-0.1, -0.05) is 43.7 Å². The zero-order valence-corrected chi connectivity index (χ0v) is 17.1. The fraction of sp³-hybridized carbons (Fsp3) is 0.318. The van der Waals surface area contributed by atoms with E-state index in [-0.39, 0.29) is 24.1 Å². The van der Waals surface area contributed by atoms with Crippen LogP contribution in [0, 0.1) is 0 Å². The van der Waals surface area contributed by atoms with Crippen LogP contribution in [-0.4, -0.2) is 33.6 Å². The van der Waals surface area contributed by atoms with Crippen molar-refractivity contribution in [3.63, 3.8) is 0 Å². The Labute approximate surface area is 173 Å². The molecule has 1 amide bonds. The van der Waals surface area contributed by atoms with Gasteiger partial charge in [-0.3, -0.25) is 9.59 Å². The smallest absolute Gasteiger partial charge is 0.262 e. The van der Waals surface area contributed by atoms with Crippen LogP contribution in [0.2, 0.25) is 0 Å². The van der Waals surface area contributed by atoms with E-state index in [1.165, 1.54) is 18.2 Å². The van der Waals surface area contributed by atoms with Gasteiger partial charge in [-0.15, -0.1) is 0 Å². The second-order valence-corrected chi connectivity index (χ2v) is 7.94. The van der Waals surface area contributed by atoms with Gasteiger partial charge in [-0.2, -0.15) is 0 Å². The third-order valence-electron chi connectivity index (χ3n) is 4.87. The SMILES string of the molecule is CCCCCn1c(SCC(=O)c2ccc3c(c2)NC(=O)CO3)nc2ccccc21. The number of Topliss-reactive ketones (excluding diaryl/α,β-unsaturated/α-hetero) is 1. The van der Waals surface area contributed by atoms with Crippen LogP contribution >= 0.6 is 11.8 Å². The van der Waals surface area contributed by atoms with Gasteiger partial charge in [-0.05, 0) is 36.8 Å². The molecule has 0 atom stereocenters. The molecule has 29 heavy (non-hydrogen) atoms. The van der Waals surface area contributed by atoms with Crippen molar-refractivity contribution in [3.8, 4) is 5.75 Å². The van der Waals surface area contributed by atoms with Gasteiger partial charge >= 0.3 is 0 Å². The van der Waals surface area contributed by atoms with Crippen molar-refractivity contribution in [1.82, 2.24) is 9.55 Å². The average molecular weight is 410 g/mol. The Bertz CT molecular complexity index is 1060. The van der Waals surface area contributed by atoms with Crippen molar-refractivity contribution in [3.05, 3.63) is 48.0 Å². The summed E-state index contributed by atoms with van der Waals surface area (Å²) in [5.74, 6) is 0.651. The molecular formula is C22H23N3O3S. The molecule has 0 fully saturated rings. The summed E-state index contributed by atoms with van der Waals surface area (Å²) in [6.07, 6.45) is 3.41. The third kappa shape index (κ3) is 4.29. The van der Waals surface area contributed by atoms with Gasteiger partial charge in [0, 0.05) is 12.1 Å². The van der Waals surface area contributed by atoms with Crippen LogP contribution in [0.3, 0.4) is 0 Å². The van der Waals surface area contributed by atoms with Gasteiger partial charge in [0.25, 0.3) is 5.91 Å². The van der Waals surface area contributed by atoms with Crippen molar-refractivity contribution in [2.75, 3.05) is 17.7 Å². The number of para-hydroxylation sites is 2. The maximum atomic E-state index is 12.8. The third-order valence-corrected chi connectivity index (χ3v) is 5.85. The van der Waals surface area contributed by atoms with E-state index in [2.05, 4.69) is 22.9 Å². The first-order chi connectivity index (χ1) is 14.2. The molecule has 2 heterocycles. The lowest BCUT2D eigenvalue weighted by Gasteiger charge is -2.18. The number of amides is 1. The number of hydrogen-bond donors (Lipinski definition) is 1. The number of imidazole rings is 1. The highest BCUT2D eigenvalue weighted by Gasteiger charge is 2.19. The number of rotatable bonds is 8. The van der Waals surface area contributed by atoms with E-state index in [4.69, 9.17) is 9.72 Å². The molecule has 1 aliphatic heterocycles. The second-order valence-electron chi connectivity index (χ2n) is 7.00. The van der Waals surface area contributed by atoms with Gasteiger partial charge in [-0.25, -0.2) is 4.98 Å². The van der Waals surface area contributed by atoms with Crippen LogP contribution in [0.15, 0.2) is 47.6 Å². The van der Waals surface area contributed by atoms with Crippen LogP contribution in [0.1, 0.15) is 36.5 Å². The second kappa shape index (κ2) is 8.69. The maximum absolute atomic E-state index is 12.8. The monoisotopic (exact) mass is 409 g/mol. The highest BCUT2D eigenvalue weighted by molar-refractivity contribution is 7.99.